The molecule has 0 aromatic rings. The van der Waals surface area contributed by atoms with E-state index in [1.807, 2.05) is 4.90 Å². The van der Waals surface area contributed by atoms with Crippen molar-refractivity contribution < 1.29 is 9.53 Å². The van der Waals surface area contributed by atoms with Gasteiger partial charge in [0.05, 0.1) is 6.61 Å². The standard InChI is InChI=1S/C14H26N2O2/c1-2-4-12-5-3-8-16(9-6-12)14(17)13-11-15-7-10-18-13/h12-13,15H,2-11H2,1H3. The van der Waals surface area contributed by atoms with Gasteiger partial charge in [0, 0.05) is 26.2 Å². The molecule has 4 heteroatoms. The highest BCUT2D eigenvalue weighted by Crippen LogP contribution is 2.22. The third kappa shape index (κ3) is 3.69. The predicted octanol–water partition coefficient (Wildman–Crippen LogP) is 1.40. The number of hydrogen-bond donors (Lipinski definition) is 1. The Balaban J connectivity index is 1.82. The molecular formula is C14H26N2O2. The van der Waals surface area contributed by atoms with E-state index in [1.165, 1.54) is 25.7 Å². The van der Waals surface area contributed by atoms with Gasteiger partial charge in [0.1, 0.15) is 6.10 Å². The number of nitrogens with one attached hydrogen (secondary N) is 1. The molecule has 2 rings (SSSR count). The Labute approximate surface area is 110 Å². The van der Waals surface area contributed by atoms with Gasteiger partial charge in [-0.1, -0.05) is 19.8 Å². The number of amides is 1. The summed E-state index contributed by atoms with van der Waals surface area (Å²) in [4.78, 5) is 14.4. The first kappa shape index (κ1) is 13.8. The highest BCUT2D eigenvalue weighted by atomic mass is 16.5. The number of hydrogen-bond acceptors (Lipinski definition) is 3. The molecule has 2 aliphatic rings. The van der Waals surface area contributed by atoms with E-state index in [-0.39, 0.29) is 12.0 Å². The molecule has 2 saturated heterocycles. The number of carbonyl (C=O) groups is 1. The van der Waals surface area contributed by atoms with E-state index in [2.05, 4.69) is 12.2 Å². The van der Waals surface area contributed by atoms with E-state index < -0.39 is 0 Å². The van der Waals surface area contributed by atoms with Crippen molar-refractivity contribution in [3.63, 3.8) is 0 Å². The fourth-order valence-corrected chi connectivity index (χ4v) is 3.01. The molecule has 18 heavy (non-hydrogen) atoms. The van der Waals surface area contributed by atoms with Gasteiger partial charge in [0.25, 0.3) is 5.91 Å². The van der Waals surface area contributed by atoms with Crippen molar-refractivity contribution >= 4 is 5.91 Å². The van der Waals surface area contributed by atoms with Gasteiger partial charge in [-0.05, 0) is 25.2 Å². The van der Waals surface area contributed by atoms with Gasteiger partial charge >= 0.3 is 0 Å². The third-order valence-corrected chi connectivity index (χ3v) is 4.06. The lowest BCUT2D eigenvalue weighted by atomic mass is 9.96. The molecule has 0 saturated carbocycles. The summed E-state index contributed by atoms with van der Waals surface area (Å²) in [5.74, 6) is 1.01. The maximum atomic E-state index is 12.3. The van der Waals surface area contributed by atoms with Crippen LogP contribution in [0.4, 0.5) is 0 Å². The maximum absolute atomic E-state index is 12.3. The predicted molar refractivity (Wildman–Crippen MR) is 71.4 cm³/mol. The minimum absolute atomic E-state index is 0.194. The second-order valence-electron chi connectivity index (χ2n) is 5.47. The Hall–Kier alpha value is -0.610. The van der Waals surface area contributed by atoms with Gasteiger partial charge < -0.3 is 15.0 Å². The summed E-state index contributed by atoms with van der Waals surface area (Å²) in [7, 11) is 0. The van der Waals surface area contributed by atoms with Crippen LogP contribution in [0.3, 0.4) is 0 Å². The first-order valence-electron chi connectivity index (χ1n) is 7.42. The number of likely N-dealkylation sites (tertiary alicyclic amines) is 1. The van der Waals surface area contributed by atoms with Crippen LogP contribution in [0, 0.1) is 5.92 Å². The number of nitrogens with zero attached hydrogens (tertiary/aromatic N) is 1. The Morgan fingerprint density at radius 3 is 3.00 bits per heavy atom. The SMILES string of the molecule is CCCC1CCCN(C(=O)C2CNCCO2)CC1. The zero-order valence-corrected chi connectivity index (χ0v) is 11.5. The molecule has 0 spiro atoms. The van der Waals surface area contributed by atoms with Gasteiger partial charge in [-0.25, -0.2) is 0 Å². The van der Waals surface area contributed by atoms with Gasteiger partial charge in [-0.3, -0.25) is 4.79 Å². The summed E-state index contributed by atoms with van der Waals surface area (Å²) < 4.78 is 5.55. The molecule has 0 aromatic heterocycles. The fourth-order valence-electron chi connectivity index (χ4n) is 3.01. The van der Waals surface area contributed by atoms with Crippen LogP contribution < -0.4 is 5.32 Å². The number of carbonyl (C=O) groups excluding carboxylic acids is 1. The van der Waals surface area contributed by atoms with Crippen LogP contribution in [-0.2, 0) is 9.53 Å². The second kappa shape index (κ2) is 7.10. The van der Waals surface area contributed by atoms with E-state index in [1.54, 1.807) is 0 Å². The van der Waals surface area contributed by atoms with E-state index >= 15 is 0 Å². The molecule has 0 radical (unpaired) electrons. The van der Waals surface area contributed by atoms with Crippen LogP contribution in [0.1, 0.15) is 39.0 Å². The molecule has 1 amide bonds. The third-order valence-electron chi connectivity index (χ3n) is 4.06. The summed E-state index contributed by atoms with van der Waals surface area (Å²) in [6.45, 7) is 6.27. The number of ether oxygens (including phenoxy) is 1. The summed E-state index contributed by atoms with van der Waals surface area (Å²) >= 11 is 0. The zero-order valence-electron chi connectivity index (χ0n) is 11.5. The lowest BCUT2D eigenvalue weighted by molar-refractivity contribution is -0.145. The largest absolute Gasteiger partial charge is 0.366 e. The molecule has 104 valence electrons. The molecule has 4 nitrogen and oxygen atoms in total. The van der Waals surface area contributed by atoms with Crippen molar-refractivity contribution in [2.24, 2.45) is 5.92 Å². The van der Waals surface area contributed by atoms with Crippen molar-refractivity contribution in [3.05, 3.63) is 0 Å². The molecule has 2 fully saturated rings. The normalized spacial score (nSPS) is 29.9. The Morgan fingerprint density at radius 1 is 1.39 bits per heavy atom. The molecule has 2 atom stereocenters. The minimum atomic E-state index is -0.249. The zero-order chi connectivity index (χ0) is 12.8. The second-order valence-corrected chi connectivity index (χ2v) is 5.47. The summed E-state index contributed by atoms with van der Waals surface area (Å²) in [5.41, 5.74) is 0. The highest BCUT2D eigenvalue weighted by Gasteiger charge is 2.28. The van der Waals surface area contributed by atoms with Crippen molar-refractivity contribution in [3.8, 4) is 0 Å². The van der Waals surface area contributed by atoms with Crippen molar-refractivity contribution in [2.75, 3.05) is 32.8 Å². The number of rotatable bonds is 3. The van der Waals surface area contributed by atoms with Crippen molar-refractivity contribution in [1.29, 1.82) is 0 Å². The fraction of sp³-hybridized carbons (Fsp3) is 0.929. The Bertz CT molecular complexity index is 265. The quantitative estimate of drug-likeness (QED) is 0.828. The van der Waals surface area contributed by atoms with Crippen molar-refractivity contribution in [2.45, 2.75) is 45.1 Å². The minimum Gasteiger partial charge on any atom is -0.366 e. The molecule has 1 N–H and O–H groups in total. The van der Waals surface area contributed by atoms with Crippen molar-refractivity contribution in [1.82, 2.24) is 10.2 Å². The van der Waals surface area contributed by atoms with Crippen LogP contribution in [0.15, 0.2) is 0 Å². The van der Waals surface area contributed by atoms with Gasteiger partial charge in [0.2, 0.25) is 0 Å². The molecular weight excluding hydrogens is 228 g/mol. The van der Waals surface area contributed by atoms with Crippen LogP contribution in [-0.4, -0.2) is 49.7 Å². The average Bonchev–Trinajstić information content (AvgIpc) is 2.65. The van der Waals surface area contributed by atoms with Gasteiger partial charge in [-0.15, -0.1) is 0 Å². The van der Waals surface area contributed by atoms with Crippen LogP contribution in [0.25, 0.3) is 0 Å². The smallest absolute Gasteiger partial charge is 0.253 e. The Kier molecular flexibility index (Phi) is 5.45. The average molecular weight is 254 g/mol. The Morgan fingerprint density at radius 2 is 2.28 bits per heavy atom. The summed E-state index contributed by atoms with van der Waals surface area (Å²) in [5, 5.41) is 3.23. The first-order valence-corrected chi connectivity index (χ1v) is 7.42. The van der Waals surface area contributed by atoms with Crippen LogP contribution >= 0.6 is 0 Å². The lowest BCUT2D eigenvalue weighted by Crippen LogP contribution is -2.49. The number of morpholine rings is 1. The summed E-state index contributed by atoms with van der Waals surface area (Å²) in [6, 6.07) is 0. The molecule has 0 aromatic carbocycles. The van der Waals surface area contributed by atoms with E-state index in [4.69, 9.17) is 4.74 Å². The van der Waals surface area contributed by atoms with Gasteiger partial charge in [-0.2, -0.15) is 0 Å². The van der Waals surface area contributed by atoms with E-state index in [0.29, 0.717) is 13.2 Å². The molecule has 0 bridgehead atoms. The maximum Gasteiger partial charge on any atom is 0.253 e. The molecule has 2 aliphatic heterocycles. The van der Waals surface area contributed by atoms with E-state index in [0.717, 1.165) is 32.0 Å². The topological polar surface area (TPSA) is 41.6 Å². The molecule has 2 heterocycles. The van der Waals surface area contributed by atoms with Crippen LogP contribution in [0.5, 0.6) is 0 Å². The first-order chi connectivity index (χ1) is 8.81. The molecule has 2 unspecified atom stereocenters. The van der Waals surface area contributed by atoms with Gasteiger partial charge in [0.15, 0.2) is 0 Å². The summed E-state index contributed by atoms with van der Waals surface area (Å²) in [6.07, 6.45) is 5.91. The van der Waals surface area contributed by atoms with Crippen LogP contribution in [0.2, 0.25) is 0 Å². The highest BCUT2D eigenvalue weighted by molar-refractivity contribution is 5.81. The molecule has 0 aliphatic carbocycles. The van der Waals surface area contributed by atoms with E-state index in [9.17, 15) is 4.79 Å². The lowest BCUT2D eigenvalue weighted by Gasteiger charge is -2.29. The monoisotopic (exact) mass is 254 g/mol.